The lowest BCUT2D eigenvalue weighted by atomic mass is 10.3. The lowest BCUT2D eigenvalue weighted by Crippen LogP contribution is -2.39. The number of morpholine rings is 1. The van der Waals surface area contributed by atoms with Crippen LogP contribution in [0.1, 0.15) is 10.5 Å². The third-order valence-corrected chi connectivity index (χ3v) is 4.03. The summed E-state index contributed by atoms with van der Waals surface area (Å²) in [6.07, 6.45) is 1.57. The molecule has 1 saturated heterocycles. The van der Waals surface area contributed by atoms with Gasteiger partial charge in [0.05, 0.1) is 20.3 Å². The van der Waals surface area contributed by atoms with Crippen molar-refractivity contribution in [2.45, 2.75) is 0 Å². The summed E-state index contributed by atoms with van der Waals surface area (Å²) < 4.78 is 10.5. The van der Waals surface area contributed by atoms with E-state index in [-0.39, 0.29) is 5.91 Å². The molecule has 8 heteroatoms. The standard InChI is InChI=1S/C18H23N5O3/c1-25-15-4-2-3-14(13-15)21-17(24)16-5-6-19-18(22-16)20-7-8-23-9-11-26-12-10-23/h2-6,13H,7-12H2,1H3,(H,21,24)(H,19,20,22). The van der Waals surface area contributed by atoms with Crippen molar-refractivity contribution < 1.29 is 14.3 Å². The van der Waals surface area contributed by atoms with Gasteiger partial charge in [-0.1, -0.05) is 6.07 Å². The average molecular weight is 357 g/mol. The minimum absolute atomic E-state index is 0.295. The van der Waals surface area contributed by atoms with Gasteiger partial charge in [-0.05, 0) is 18.2 Å². The van der Waals surface area contributed by atoms with Crippen LogP contribution in [0.15, 0.2) is 36.5 Å². The van der Waals surface area contributed by atoms with E-state index in [2.05, 4.69) is 25.5 Å². The van der Waals surface area contributed by atoms with E-state index >= 15 is 0 Å². The van der Waals surface area contributed by atoms with Crippen molar-refractivity contribution in [3.8, 4) is 5.75 Å². The third-order valence-electron chi connectivity index (χ3n) is 4.03. The molecule has 0 saturated carbocycles. The smallest absolute Gasteiger partial charge is 0.274 e. The lowest BCUT2D eigenvalue weighted by Gasteiger charge is -2.26. The Morgan fingerprint density at radius 3 is 2.96 bits per heavy atom. The van der Waals surface area contributed by atoms with Gasteiger partial charge in [0.2, 0.25) is 5.95 Å². The zero-order valence-corrected chi connectivity index (χ0v) is 14.8. The van der Waals surface area contributed by atoms with Gasteiger partial charge in [0.15, 0.2) is 0 Å². The van der Waals surface area contributed by atoms with Crippen molar-refractivity contribution in [1.29, 1.82) is 0 Å². The maximum absolute atomic E-state index is 12.4. The van der Waals surface area contributed by atoms with Gasteiger partial charge in [0.1, 0.15) is 11.4 Å². The molecule has 1 aromatic carbocycles. The number of hydrogen-bond donors (Lipinski definition) is 2. The van der Waals surface area contributed by atoms with E-state index in [0.29, 0.717) is 29.6 Å². The highest BCUT2D eigenvalue weighted by Crippen LogP contribution is 2.17. The van der Waals surface area contributed by atoms with Gasteiger partial charge in [0, 0.05) is 44.1 Å². The molecule has 0 radical (unpaired) electrons. The van der Waals surface area contributed by atoms with Gasteiger partial charge in [-0.3, -0.25) is 9.69 Å². The van der Waals surface area contributed by atoms with Crippen LogP contribution in [-0.4, -0.2) is 67.3 Å². The van der Waals surface area contributed by atoms with Gasteiger partial charge >= 0.3 is 0 Å². The summed E-state index contributed by atoms with van der Waals surface area (Å²) in [4.78, 5) is 23.2. The summed E-state index contributed by atoms with van der Waals surface area (Å²) in [6, 6.07) is 8.76. The van der Waals surface area contributed by atoms with Crippen molar-refractivity contribution in [3.63, 3.8) is 0 Å². The van der Waals surface area contributed by atoms with Crippen LogP contribution in [-0.2, 0) is 4.74 Å². The van der Waals surface area contributed by atoms with Crippen molar-refractivity contribution >= 4 is 17.5 Å². The van der Waals surface area contributed by atoms with Gasteiger partial charge in [-0.2, -0.15) is 0 Å². The SMILES string of the molecule is COc1cccc(NC(=O)c2ccnc(NCCN3CCOCC3)n2)c1. The summed E-state index contributed by atoms with van der Waals surface area (Å²) in [7, 11) is 1.58. The molecule has 1 amide bonds. The van der Waals surface area contributed by atoms with Crippen LogP contribution in [0.25, 0.3) is 0 Å². The number of anilines is 2. The highest BCUT2D eigenvalue weighted by molar-refractivity contribution is 6.03. The number of rotatable bonds is 7. The van der Waals surface area contributed by atoms with Crippen LogP contribution < -0.4 is 15.4 Å². The number of carbonyl (C=O) groups is 1. The summed E-state index contributed by atoms with van der Waals surface area (Å²) in [6.45, 7) is 5.01. The first-order chi connectivity index (χ1) is 12.7. The highest BCUT2D eigenvalue weighted by atomic mass is 16.5. The molecule has 1 fully saturated rings. The summed E-state index contributed by atoms with van der Waals surface area (Å²) in [5, 5.41) is 5.97. The lowest BCUT2D eigenvalue weighted by molar-refractivity contribution is 0.0398. The normalized spacial score (nSPS) is 14.7. The molecule has 0 bridgehead atoms. The molecule has 2 aromatic rings. The number of ether oxygens (including phenoxy) is 2. The Kier molecular flexibility index (Phi) is 6.34. The minimum atomic E-state index is -0.295. The average Bonchev–Trinajstić information content (AvgIpc) is 2.69. The maximum atomic E-state index is 12.4. The molecule has 3 rings (SSSR count). The quantitative estimate of drug-likeness (QED) is 0.776. The Morgan fingerprint density at radius 1 is 1.31 bits per heavy atom. The monoisotopic (exact) mass is 357 g/mol. The molecule has 26 heavy (non-hydrogen) atoms. The van der Waals surface area contributed by atoms with Crippen molar-refractivity contribution in [3.05, 3.63) is 42.2 Å². The summed E-state index contributed by atoms with van der Waals surface area (Å²) in [5.74, 6) is 0.824. The molecular weight excluding hydrogens is 334 g/mol. The third kappa shape index (κ3) is 5.14. The van der Waals surface area contributed by atoms with E-state index in [0.717, 1.165) is 32.8 Å². The second-order valence-electron chi connectivity index (χ2n) is 5.83. The first kappa shape index (κ1) is 18.1. The fraction of sp³-hybridized carbons (Fsp3) is 0.389. The van der Waals surface area contributed by atoms with E-state index in [1.54, 1.807) is 31.5 Å². The largest absolute Gasteiger partial charge is 0.497 e. The number of aromatic nitrogens is 2. The molecule has 2 N–H and O–H groups in total. The Morgan fingerprint density at radius 2 is 2.15 bits per heavy atom. The second-order valence-corrected chi connectivity index (χ2v) is 5.83. The van der Waals surface area contributed by atoms with Crippen LogP contribution in [0.4, 0.5) is 11.6 Å². The topological polar surface area (TPSA) is 88.6 Å². The number of amides is 1. The summed E-state index contributed by atoms with van der Waals surface area (Å²) >= 11 is 0. The number of benzene rings is 1. The van der Waals surface area contributed by atoms with Gasteiger partial charge in [0.25, 0.3) is 5.91 Å². The molecular formula is C18H23N5O3. The van der Waals surface area contributed by atoms with Crippen LogP contribution in [0.5, 0.6) is 5.75 Å². The fourth-order valence-electron chi connectivity index (χ4n) is 2.62. The Labute approximate surface area is 152 Å². The Balaban J connectivity index is 1.54. The molecule has 0 aliphatic carbocycles. The first-order valence-corrected chi connectivity index (χ1v) is 8.57. The molecule has 0 spiro atoms. The zero-order chi connectivity index (χ0) is 18.2. The molecule has 2 heterocycles. The highest BCUT2D eigenvalue weighted by Gasteiger charge is 2.11. The Hall–Kier alpha value is -2.71. The van der Waals surface area contributed by atoms with E-state index < -0.39 is 0 Å². The second kappa shape index (κ2) is 9.12. The summed E-state index contributed by atoms with van der Waals surface area (Å²) in [5.41, 5.74) is 0.950. The molecule has 0 atom stereocenters. The molecule has 138 valence electrons. The number of methoxy groups -OCH3 is 1. The number of nitrogens with zero attached hydrogens (tertiary/aromatic N) is 3. The van der Waals surface area contributed by atoms with Gasteiger partial charge in [-0.25, -0.2) is 9.97 Å². The molecule has 8 nitrogen and oxygen atoms in total. The van der Waals surface area contributed by atoms with E-state index in [4.69, 9.17) is 9.47 Å². The number of carbonyl (C=O) groups excluding carboxylic acids is 1. The van der Waals surface area contributed by atoms with Crippen molar-refractivity contribution in [2.24, 2.45) is 0 Å². The molecule has 1 aliphatic rings. The van der Waals surface area contributed by atoms with Gasteiger partial charge in [-0.15, -0.1) is 0 Å². The van der Waals surface area contributed by atoms with Crippen LogP contribution in [0.2, 0.25) is 0 Å². The Bertz CT molecular complexity index is 734. The molecule has 1 aromatic heterocycles. The first-order valence-electron chi connectivity index (χ1n) is 8.57. The van der Waals surface area contributed by atoms with Gasteiger partial charge < -0.3 is 20.1 Å². The van der Waals surface area contributed by atoms with Crippen LogP contribution in [0, 0.1) is 0 Å². The predicted molar refractivity (Wildman–Crippen MR) is 98.7 cm³/mol. The number of hydrogen-bond acceptors (Lipinski definition) is 7. The molecule has 0 unspecified atom stereocenters. The van der Waals surface area contributed by atoms with Crippen molar-refractivity contribution in [2.75, 3.05) is 57.1 Å². The fourth-order valence-corrected chi connectivity index (χ4v) is 2.62. The van der Waals surface area contributed by atoms with Crippen LogP contribution in [0.3, 0.4) is 0 Å². The van der Waals surface area contributed by atoms with E-state index in [1.807, 2.05) is 12.1 Å². The van der Waals surface area contributed by atoms with E-state index in [9.17, 15) is 4.79 Å². The number of nitrogens with one attached hydrogen (secondary N) is 2. The van der Waals surface area contributed by atoms with Crippen LogP contribution >= 0.6 is 0 Å². The van der Waals surface area contributed by atoms with Crippen molar-refractivity contribution in [1.82, 2.24) is 14.9 Å². The zero-order valence-electron chi connectivity index (χ0n) is 14.8. The molecule has 1 aliphatic heterocycles. The minimum Gasteiger partial charge on any atom is -0.497 e. The van der Waals surface area contributed by atoms with E-state index in [1.165, 1.54) is 0 Å². The maximum Gasteiger partial charge on any atom is 0.274 e. The predicted octanol–water partition coefficient (Wildman–Crippen LogP) is 1.48.